The van der Waals surface area contributed by atoms with Crippen molar-refractivity contribution in [2.24, 2.45) is 0 Å². The van der Waals surface area contributed by atoms with Gasteiger partial charge < -0.3 is 20.1 Å². The van der Waals surface area contributed by atoms with Crippen LogP contribution in [-0.2, 0) is 0 Å². The van der Waals surface area contributed by atoms with Crippen LogP contribution in [0.4, 0.5) is 11.6 Å². The van der Waals surface area contributed by atoms with Crippen molar-refractivity contribution in [3.8, 4) is 6.01 Å². The van der Waals surface area contributed by atoms with Gasteiger partial charge in [0.05, 0.1) is 24.9 Å². The number of benzene rings is 1. The van der Waals surface area contributed by atoms with E-state index in [0.717, 1.165) is 16.6 Å². The van der Waals surface area contributed by atoms with E-state index in [1.54, 1.807) is 6.20 Å². The first-order valence-corrected chi connectivity index (χ1v) is 8.10. The molecule has 9 heteroatoms. The van der Waals surface area contributed by atoms with E-state index in [2.05, 4.69) is 30.5 Å². The molecule has 25 heavy (non-hydrogen) atoms. The number of H-pyrrole nitrogens is 1. The normalized spacial score (nSPS) is 20.6. The highest BCUT2D eigenvalue weighted by Gasteiger charge is 2.29. The number of rotatable bonds is 4. The fourth-order valence-corrected chi connectivity index (χ4v) is 3.05. The summed E-state index contributed by atoms with van der Waals surface area (Å²) in [4.78, 5) is 14.5. The highest BCUT2D eigenvalue weighted by molar-refractivity contribution is 5.81. The van der Waals surface area contributed by atoms with Crippen LogP contribution in [-0.4, -0.2) is 56.2 Å². The Balaban J connectivity index is 1.61. The van der Waals surface area contributed by atoms with E-state index in [9.17, 15) is 5.11 Å². The molecular weight excluding hydrogens is 322 g/mol. The van der Waals surface area contributed by atoms with Gasteiger partial charge >= 0.3 is 6.01 Å². The summed E-state index contributed by atoms with van der Waals surface area (Å²) in [5.74, 6) is 0.527. The molecule has 130 valence electrons. The zero-order chi connectivity index (χ0) is 17.2. The summed E-state index contributed by atoms with van der Waals surface area (Å²) in [5.41, 5.74) is 1.89. The Kier molecular flexibility index (Phi) is 4.06. The molecule has 0 spiro atoms. The average molecular weight is 341 g/mol. The lowest BCUT2D eigenvalue weighted by Crippen LogP contribution is -2.49. The van der Waals surface area contributed by atoms with E-state index in [1.807, 2.05) is 23.1 Å². The molecule has 2 atom stereocenters. The second-order valence-corrected chi connectivity index (χ2v) is 5.98. The minimum absolute atomic E-state index is 0.142. The zero-order valence-electron chi connectivity index (χ0n) is 13.8. The number of anilines is 2. The van der Waals surface area contributed by atoms with Crippen LogP contribution in [0.1, 0.15) is 12.8 Å². The second kappa shape index (κ2) is 6.52. The molecule has 1 aliphatic rings. The van der Waals surface area contributed by atoms with E-state index in [1.165, 1.54) is 13.4 Å². The van der Waals surface area contributed by atoms with Gasteiger partial charge in [-0.25, -0.2) is 4.98 Å². The Labute approximate surface area is 144 Å². The number of nitrogens with zero attached hydrogens (tertiary/aromatic N) is 5. The van der Waals surface area contributed by atoms with Crippen LogP contribution in [0.2, 0.25) is 0 Å². The maximum atomic E-state index is 10.1. The molecule has 0 amide bonds. The molecule has 3 N–H and O–H groups in total. The van der Waals surface area contributed by atoms with Crippen molar-refractivity contribution in [3.63, 3.8) is 0 Å². The molecule has 0 aliphatic carbocycles. The van der Waals surface area contributed by atoms with E-state index in [4.69, 9.17) is 4.74 Å². The standard InChI is InChI=1S/C16H19N7O2/c1-25-16-18-9-17-15(21-16)23-5-4-12(24)7-14(23)20-11-3-2-10-8-19-22-13(10)6-11/h2-3,6,8-9,12,14,20,24H,4-5,7H2,1H3,(H,19,22). The highest BCUT2D eigenvalue weighted by Crippen LogP contribution is 2.25. The molecular formula is C16H19N7O2. The Hall–Kier alpha value is -2.94. The third-order valence-corrected chi connectivity index (χ3v) is 4.33. The number of aromatic amines is 1. The number of fused-ring (bicyclic) bond motifs is 1. The maximum Gasteiger partial charge on any atom is 0.320 e. The molecule has 1 aromatic carbocycles. The first kappa shape index (κ1) is 15.6. The number of hydrogen-bond acceptors (Lipinski definition) is 8. The van der Waals surface area contributed by atoms with Gasteiger partial charge in [0.1, 0.15) is 12.5 Å². The van der Waals surface area contributed by atoms with Crippen molar-refractivity contribution < 1.29 is 9.84 Å². The van der Waals surface area contributed by atoms with Crippen LogP contribution in [0.5, 0.6) is 6.01 Å². The zero-order valence-corrected chi connectivity index (χ0v) is 13.8. The van der Waals surface area contributed by atoms with Crippen LogP contribution < -0.4 is 15.0 Å². The lowest BCUT2D eigenvalue weighted by Gasteiger charge is -2.38. The van der Waals surface area contributed by atoms with Gasteiger partial charge in [0.25, 0.3) is 0 Å². The third kappa shape index (κ3) is 3.18. The van der Waals surface area contributed by atoms with E-state index in [-0.39, 0.29) is 18.3 Å². The predicted octanol–water partition coefficient (Wildman–Crippen LogP) is 1.16. The van der Waals surface area contributed by atoms with Crippen molar-refractivity contribution in [2.75, 3.05) is 23.9 Å². The summed E-state index contributed by atoms with van der Waals surface area (Å²) in [6, 6.07) is 6.26. The Morgan fingerprint density at radius 1 is 1.36 bits per heavy atom. The van der Waals surface area contributed by atoms with Crippen LogP contribution in [0, 0.1) is 0 Å². The number of aromatic nitrogens is 5. The van der Waals surface area contributed by atoms with Crippen molar-refractivity contribution in [1.82, 2.24) is 25.1 Å². The molecule has 1 aliphatic heterocycles. The summed E-state index contributed by atoms with van der Waals surface area (Å²) in [6.07, 6.45) is 3.93. The lowest BCUT2D eigenvalue weighted by atomic mass is 10.0. The first-order chi connectivity index (χ1) is 12.2. The Bertz CT molecular complexity index is 868. The molecule has 2 unspecified atom stereocenters. The number of methoxy groups -OCH3 is 1. The van der Waals surface area contributed by atoms with Crippen molar-refractivity contribution in [3.05, 3.63) is 30.7 Å². The molecule has 3 heterocycles. The number of aliphatic hydroxyl groups excluding tert-OH is 1. The lowest BCUT2D eigenvalue weighted by molar-refractivity contribution is 0.132. The Morgan fingerprint density at radius 3 is 3.16 bits per heavy atom. The van der Waals surface area contributed by atoms with E-state index < -0.39 is 0 Å². The molecule has 3 aromatic rings. The number of hydrogen-bond donors (Lipinski definition) is 3. The molecule has 9 nitrogen and oxygen atoms in total. The van der Waals surface area contributed by atoms with Crippen LogP contribution >= 0.6 is 0 Å². The summed E-state index contributed by atoms with van der Waals surface area (Å²) in [6.45, 7) is 0.637. The second-order valence-electron chi connectivity index (χ2n) is 5.98. The smallest absolute Gasteiger partial charge is 0.320 e. The number of ether oxygens (including phenoxy) is 1. The molecule has 0 radical (unpaired) electrons. The fraction of sp³-hybridized carbons (Fsp3) is 0.375. The van der Waals surface area contributed by atoms with Crippen molar-refractivity contribution >= 4 is 22.5 Å². The van der Waals surface area contributed by atoms with E-state index in [0.29, 0.717) is 25.3 Å². The highest BCUT2D eigenvalue weighted by atomic mass is 16.5. The summed E-state index contributed by atoms with van der Waals surface area (Å²) < 4.78 is 5.09. The molecule has 0 saturated carbocycles. The van der Waals surface area contributed by atoms with Gasteiger partial charge in [-0.3, -0.25) is 5.10 Å². The quantitative estimate of drug-likeness (QED) is 0.648. The monoisotopic (exact) mass is 341 g/mol. The summed E-state index contributed by atoms with van der Waals surface area (Å²) in [5, 5.41) is 21.6. The summed E-state index contributed by atoms with van der Waals surface area (Å²) >= 11 is 0. The third-order valence-electron chi connectivity index (χ3n) is 4.33. The van der Waals surface area contributed by atoms with Gasteiger partial charge in [-0.15, -0.1) is 0 Å². The molecule has 1 saturated heterocycles. The number of aliphatic hydroxyl groups is 1. The molecule has 0 bridgehead atoms. The minimum atomic E-state index is -0.367. The van der Waals surface area contributed by atoms with Crippen molar-refractivity contribution in [1.29, 1.82) is 0 Å². The Morgan fingerprint density at radius 2 is 2.28 bits per heavy atom. The largest absolute Gasteiger partial charge is 0.467 e. The summed E-state index contributed by atoms with van der Waals surface area (Å²) in [7, 11) is 1.52. The van der Waals surface area contributed by atoms with Crippen LogP contribution in [0.25, 0.3) is 10.9 Å². The van der Waals surface area contributed by atoms with Gasteiger partial charge in [0.15, 0.2) is 0 Å². The predicted molar refractivity (Wildman–Crippen MR) is 92.5 cm³/mol. The first-order valence-electron chi connectivity index (χ1n) is 8.10. The van der Waals surface area contributed by atoms with Crippen LogP contribution in [0.15, 0.2) is 30.7 Å². The van der Waals surface area contributed by atoms with E-state index >= 15 is 0 Å². The van der Waals surface area contributed by atoms with Gasteiger partial charge in [0, 0.05) is 24.0 Å². The average Bonchev–Trinajstić information content (AvgIpc) is 3.10. The van der Waals surface area contributed by atoms with Gasteiger partial charge in [-0.2, -0.15) is 15.1 Å². The SMILES string of the molecule is COc1ncnc(N2CCC(O)CC2Nc2ccc3cn[nH]c3c2)n1. The van der Waals surface area contributed by atoms with Gasteiger partial charge in [-0.05, 0) is 24.6 Å². The fourth-order valence-electron chi connectivity index (χ4n) is 3.05. The minimum Gasteiger partial charge on any atom is -0.467 e. The number of nitrogens with one attached hydrogen (secondary N) is 2. The maximum absolute atomic E-state index is 10.1. The van der Waals surface area contributed by atoms with Crippen LogP contribution in [0.3, 0.4) is 0 Å². The van der Waals surface area contributed by atoms with Gasteiger partial charge in [0.2, 0.25) is 5.95 Å². The topological polar surface area (TPSA) is 112 Å². The number of piperidine rings is 1. The molecule has 4 rings (SSSR count). The van der Waals surface area contributed by atoms with Gasteiger partial charge in [-0.1, -0.05) is 0 Å². The molecule has 1 fully saturated rings. The van der Waals surface area contributed by atoms with Crippen molar-refractivity contribution in [2.45, 2.75) is 25.1 Å². The molecule has 2 aromatic heterocycles.